The standard InChI is InChI=1S/C21H17BrF2N2O2/c1-4-14-5-8-18(12(2)9-14)26-13(3)25-20(19(22)21(26)27)28-11-15-6-7-16(23)10-17(15)24/h4-10H,1,11H2,2-3H3. The minimum absolute atomic E-state index is 0.0443. The number of ether oxygens (including phenoxy) is 1. The van der Waals surface area contributed by atoms with Crippen LogP contribution in [0.4, 0.5) is 8.78 Å². The summed E-state index contributed by atoms with van der Waals surface area (Å²) in [6.45, 7) is 7.13. The van der Waals surface area contributed by atoms with Gasteiger partial charge in [0.1, 0.15) is 28.5 Å². The summed E-state index contributed by atoms with van der Waals surface area (Å²) in [5.41, 5.74) is 2.33. The van der Waals surface area contributed by atoms with Crippen molar-refractivity contribution in [2.45, 2.75) is 20.5 Å². The van der Waals surface area contributed by atoms with Crippen LogP contribution >= 0.6 is 15.9 Å². The minimum atomic E-state index is -0.723. The lowest BCUT2D eigenvalue weighted by atomic mass is 10.1. The molecule has 0 saturated carbocycles. The van der Waals surface area contributed by atoms with Gasteiger partial charge in [0.2, 0.25) is 5.88 Å². The number of halogens is 3. The molecule has 0 spiro atoms. The van der Waals surface area contributed by atoms with Crippen LogP contribution in [-0.4, -0.2) is 9.55 Å². The van der Waals surface area contributed by atoms with Gasteiger partial charge in [0, 0.05) is 11.6 Å². The van der Waals surface area contributed by atoms with Crippen LogP contribution in [0.2, 0.25) is 0 Å². The molecule has 0 saturated heterocycles. The number of benzene rings is 2. The zero-order valence-electron chi connectivity index (χ0n) is 15.3. The van der Waals surface area contributed by atoms with Crippen LogP contribution in [-0.2, 0) is 6.61 Å². The van der Waals surface area contributed by atoms with Crippen LogP contribution < -0.4 is 10.3 Å². The largest absolute Gasteiger partial charge is 0.472 e. The molecule has 0 aliphatic heterocycles. The number of aryl methyl sites for hydroxylation is 2. The summed E-state index contributed by atoms with van der Waals surface area (Å²) in [4.78, 5) is 17.2. The lowest BCUT2D eigenvalue weighted by Gasteiger charge is -2.15. The zero-order chi connectivity index (χ0) is 20.4. The van der Waals surface area contributed by atoms with Crippen molar-refractivity contribution >= 4 is 22.0 Å². The van der Waals surface area contributed by atoms with Crippen LogP contribution in [0, 0.1) is 25.5 Å². The van der Waals surface area contributed by atoms with Crippen molar-refractivity contribution in [1.29, 1.82) is 0 Å². The Morgan fingerprint density at radius 3 is 2.61 bits per heavy atom. The van der Waals surface area contributed by atoms with Gasteiger partial charge >= 0.3 is 0 Å². The Morgan fingerprint density at radius 1 is 1.21 bits per heavy atom. The fourth-order valence-electron chi connectivity index (χ4n) is 2.80. The third-order valence-corrected chi connectivity index (χ3v) is 4.92. The number of rotatable bonds is 5. The van der Waals surface area contributed by atoms with E-state index in [1.165, 1.54) is 10.6 Å². The number of hydrogen-bond donors (Lipinski definition) is 0. The van der Waals surface area contributed by atoms with Crippen LogP contribution in [0.3, 0.4) is 0 Å². The number of hydrogen-bond acceptors (Lipinski definition) is 3. The van der Waals surface area contributed by atoms with Crippen molar-refractivity contribution < 1.29 is 13.5 Å². The van der Waals surface area contributed by atoms with E-state index in [0.717, 1.165) is 23.3 Å². The fraction of sp³-hybridized carbons (Fsp3) is 0.143. The Labute approximate surface area is 169 Å². The van der Waals surface area contributed by atoms with Crippen molar-refractivity contribution in [2.75, 3.05) is 0 Å². The Hall–Kier alpha value is -2.80. The molecule has 0 aliphatic rings. The van der Waals surface area contributed by atoms with Crippen molar-refractivity contribution in [2.24, 2.45) is 0 Å². The van der Waals surface area contributed by atoms with Crippen molar-refractivity contribution in [3.63, 3.8) is 0 Å². The topological polar surface area (TPSA) is 44.1 Å². The Bertz CT molecular complexity index is 1130. The van der Waals surface area contributed by atoms with Gasteiger partial charge in [-0.25, -0.2) is 8.78 Å². The van der Waals surface area contributed by atoms with E-state index in [4.69, 9.17) is 4.74 Å². The van der Waals surface area contributed by atoms with E-state index in [0.29, 0.717) is 11.5 Å². The molecule has 1 heterocycles. The second-order valence-electron chi connectivity index (χ2n) is 6.19. The summed E-state index contributed by atoms with van der Waals surface area (Å²) in [6, 6.07) is 8.81. The second kappa shape index (κ2) is 8.06. The van der Waals surface area contributed by atoms with E-state index < -0.39 is 11.6 Å². The van der Waals surface area contributed by atoms with E-state index >= 15 is 0 Å². The molecule has 0 fully saturated rings. The van der Waals surface area contributed by atoms with Gasteiger partial charge in [0.25, 0.3) is 5.56 Å². The molecule has 0 radical (unpaired) electrons. The smallest absolute Gasteiger partial charge is 0.276 e. The summed E-state index contributed by atoms with van der Waals surface area (Å²) < 4.78 is 33.9. The SMILES string of the molecule is C=Cc1ccc(-n2c(C)nc(OCc3ccc(F)cc3F)c(Br)c2=O)c(C)c1. The van der Waals surface area contributed by atoms with Gasteiger partial charge in [-0.3, -0.25) is 9.36 Å². The summed E-state index contributed by atoms with van der Waals surface area (Å²) >= 11 is 3.23. The third-order valence-electron chi connectivity index (χ3n) is 4.24. The number of nitrogens with zero attached hydrogens (tertiary/aromatic N) is 2. The van der Waals surface area contributed by atoms with Crippen LogP contribution in [0.15, 0.2) is 52.2 Å². The predicted molar refractivity (Wildman–Crippen MR) is 108 cm³/mol. The molecule has 0 aliphatic carbocycles. The van der Waals surface area contributed by atoms with E-state index in [9.17, 15) is 13.6 Å². The molecule has 0 atom stereocenters. The molecular formula is C21H17BrF2N2O2. The van der Waals surface area contributed by atoms with Gasteiger partial charge in [-0.05, 0) is 65.2 Å². The molecule has 7 heteroatoms. The Morgan fingerprint density at radius 2 is 1.96 bits per heavy atom. The molecule has 1 aromatic heterocycles. The van der Waals surface area contributed by atoms with Gasteiger partial charge in [0.05, 0.1) is 5.69 Å². The lowest BCUT2D eigenvalue weighted by Crippen LogP contribution is -2.24. The van der Waals surface area contributed by atoms with E-state index in [1.807, 2.05) is 25.1 Å². The van der Waals surface area contributed by atoms with Gasteiger partial charge in [-0.2, -0.15) is 4.98 Å². The monoisotopic (exact) mass is 446 g/mol. The van der Waals surface area contributed by atoms with Crippen molar-refractivity contribution in [3.8, 4) is 11.6 Å². The van der Waals surface area contributed by atoms with E-state index in [1.54, 1.807) is 13.0 Å². The van der Waals surface area contributed by atoms with Crippen molar-refractivity contribution in [1.82, 2.24) is 9.55 Å². The zero-order valence-corrected chi connectivity index (χ0v) is 16.9. The number of aromatic nitrogens is 2. The summed E-state index contributed by atoms with van der Waals surface area (Å²) in [6.07, 6.45) is 1.73. The quantitative estimate of drug-likeness (QED) is 0.546. The highest BCUT2D eigenvalue weighted by Gasteiger charge is 2.17. The first-order valence-electron chi connectivity index (χ1n) is 8.41. The predicted octanol–water partition coefficient (Wildman–Crippen LogP) is 5.11. The highest BCUT2D eigenvalue weighted by atomic mass is 79.9. The van der Waals surface area contributed by atoms with Gasteiger partial charge in [0.15, 0.2) is 0 Å². The van der Waals surface area contributed by atoms with E-state index in [-0.39, 0.29) is 28.1 Å². The lowest BCUT2D eigenvalue weighted by molar-refractivity contribution is 0.283. The molecule has 144 valence electrons. The van der Waals surface area contributed by atoms with Gasteiger partial charge < -0.3 is 4.74 Å². The van der Waals surface area contributed by atoms with Crippen LogP contribution in [0.1, 0.15) is 22.5 Å². The molecule has 0 N–H and O–H groups in total. The molecule has 0 bridgehead atoms. The minimum Gasteiger partial charge on any atom is -0.472 e. The molecule has 3 aromatic rings. The third kappa shape index (κ3) is 3.89. The summed E-state index contributed by atoms with van der Waals surface area (Å²) in [5.74, 6) is -0.934. The molecule has 0 unspecified atom stereocenters. The normalized spacial score (nSPS) is 10.8. The highest BCUT2D eigenvalue weighted by molar-refractivity contribution is 9.10. The molecular weight excluding hydrogens is 430 g/mol. The van der Waals surface area contributed by atoms with E-state index in [2.05, 4.69) is 27.5 Å². The van der Waals surface area contributed by atoms with Crippen LogP contribution in [0.25, 0.3) is 11.8 Å². The molecule has 3 rings (SSSR count). The maximum absolute atomic E-state index is 13.8. The maximum Gasteiger partial charge on any atom is 0.276 e. The Kier molecular flexibility index (Phi) is 5.74. The molecule has 2 aromatic carbocycles. The first-order valence-corrected chi connectivity index (χ1v) is 9.20. The molecule has 28 heavy (non-hydrogen) atoms. The second-order valence-corrected chi connectivity index (χ2v) is 6.99. The van der Waals surface area contributed by atoms with Gasteiger partial charge in [-0.15, -0.1) is 0 Å². The first kappa shape index (κ1) is 19.9. The first-order chi connectivity index (χ1) is 13.3. The maximum atomic E-state index is 13.8. The average molecular weight is 447 g/mol. The molecule has 4 nitrogen and oxygen atoms in total. The average Bonchev–Trinajstić information content (AvgIpc) is 2.66. The summed E-state index contributed by atoms with van der Waals surface area (Å²) in [7, 11) is 0. The van der Waals surface area contributed by atoms with Gasteiger partial charge in [-0.1, -0.05) is 18.7 Å². The van der Waals surface area contributed by atoms with Crippen molar-refractivity contribution in [3.05, 3.63) is 92.0 Å². The summed E-state index contributed by atoms with van der Waals surface area (Å²) in [5, 5.41) is 0. The highest BCUT2D eigenvalue weighted by Crippen LogP contribution is 2.24. The Balaban J connectivity index is 1.96. The van der Waals surface area contributed by atoms with Crippen LogP contribution in [0.5, 0.6) is 5.88 Å². The fourth-order valence-corrected chi connectivity index (χ4v) is 3.18. The molecule has 0 amide bonds.